The molecule has 0 aromatic carbocycles. The second-order valence-electron chi connectivity index (χ2n) is 5.53. The van der Waals surface area contributed by atoms with Crippen molar-refractivity contribution in [2.75, 3.05) is 0 Å². The Morgan fingerprint density at radius 3 is 2.70 bits per heavy atom. The molecule has 0 saturated heterocycles. The van der Waals surface area contributed by atoms with Crippen LogP contribution < -0.4 is 11.1 Å². The van der Waals surface area contributed by atoms with Gasteiger partial charge in [-0.25, -0.2) is 0 Å². The van der Waals surface area contributed by atoms with Crippen molar-refractivity contribution in [1.29, 1.82) is 0 Å². The second kappa shape index (κ2) is 7.09. The van der Waals surface area contributed by atoms with Crippen molar-refractivity contribution >= 4 is 18.3 Å². The van der Waals surface area contributed by atoms with E-state index < -0.39 is 5.54 Å². The first-order chi connectivity index (χ1) is 9.05. The Bertz CT molecular complexity index is 452. The van der Waals surface area contributed by atoms with Gasteiger partial charge in [0.25, 0.3) is 0 Å². The van der Waals surface area contributed by atoms with Gasteiger partial charge in [-0.3, -0.25) is 9.48 Å². The van der Waals surface area contributed by atoms with Crippen LogP contribution in [-0.2, 0) is 24.8 Å². The molecule has 1 fully saturated rings. The molecule has 1 aliphatic rings. The first-order valence-electron chi connectivity index (χ1n) is 7.14. The molecule has 0 bridgehead atoms. The number of nitrogens with one attached hydrogen (secondary N) is 1. The molecular formula is C14H25ClN4O. The quantitative estimate of drug-likeness (QED) is 0.888. The molecule has 0 aliphatic heterocycles. The van der Waals surface area contributed by atoms with E-state index in [1.54, 1.807) is 4.68 Å². The molecule has 20 heavy (non-hydrogen) atoms. The minimum absolute atomic E-state index is 0. The van der Waals surface area contributed by atoms with E-state index in [1.165, 1.54) is 6.42 Å². The lowest BCUT2D eigenvalue weighted by Gasteiger charge is -2.31. The van der Waals surface area contributed by atoms with Crippen LogP contribution in [-0.4, -0.2) is 21.2 Å². The number of aryl methyl sites for hydroxylation is 2. The third-order valence-electron chi connectivity index (χ3n) is 3.96. The van der Waals surface area contributed by atoms with E-state index in [4.69, 9.17) is 5.73 Å². The topological polar surface area (TPSA) is 72.9 Å². The van der Waals surface area contributed by atoms with E-state index in [0.29, 0.717) is 6.54 Å². The maximum atomic E-state index is 12.2. The third-order valence-corrected chi connectivity index (χ3v) is 3.96. The Morgan fingerprint density at radius 2 is 2.10 bits per heavy atom. The Morgan fingerprint density at radius 1 is 1.45 bits per heavy atom. The zero-order valence-corrected chi connectivity index (χ0v) is 13.1. The monoisotopic (exact) mass is 300 g/mol. The van der Waals surface area contributed by atoms with Crippen LogP contribution in [0.25, 0.3) is 0 Å². The smallest absolute Gasteiger partial charge is 0.240 e. The molecule has 114 valence electrons. The Kier molecular flexibility index (Phi) is 6.02. The Hall–Kier alpha value is -1.07. The third kappa shape index (κ3) is 3.73. The van der Waals surface area contributed by atoms with Crippen molar-refractivity contribution in [3.8, 4) is 0 Å². The Labute approximate surface area is 126 Å². The number of amides is 1. The molecule has 1 aromatic heterocycles. The minimum Gasteiger partial charge on any atom is -0.350 e. The number of nitrogens with zero attached hydrogens (tertiary/aromatic N) is 2. The molecule has 1 heterocycles. The van der Waals surface area contributed by atoms with E-state index in [9.17, 15) is 4.79 Å². The first kappa shape index (κ1) is 17.0. The van der Waals surface area contributed by atoms with Gasteiger partial charge < -0.3 is 11.1 Å². The van der Waals surface area contributed by atoms with Crippen molar-refractivity contribution < 1.29 is 4.79 Å². The molecule has 0 unspecified atom stereocenters. The lowest BCUT2D eigenvalue weighted by molar-refractivity contribution is -0.127. The number of halogens is 1. The van der Waals surface area contributed by atoms with Crippen LogP contribution in [0.2, 0.25) is 0 Å². The van der Waals surface area contributed by atoms with Crippen LogP contribution in [0.4, 0.5) is 0 Å². The molecule has 1 aromatic rings. The molecule has 0 radical (unpaired) electrons. The van der Waals surface area contributed by atoms with Gasteiger partial charge in [-0.2, -0.15) is 5.10 Å². The summed E-state index contributed by atoms with van der Waals surface area (Å²) in [4.78, 5) is 12.2. The minimum atomic E-state index is -0.660. The van der Waals surface area contributed by atoms with Crippen LogP contribution in [0, 0.1) is 0 Å². The number of hydrogen-bond acceptors (Lipinski definition) is 3. The van der Waals surface area contributed by atoms with Crippen LogP contribution in [0.3, 0.4) is 0 Å². The van der Waals surface area contributed by atoms with Gasteiger partial charge in [0.15, 0.2) is 0 Å². The van der Waals surface area contributed by atoms with Crippen LogP contribution in [0.5, 0.6) is 0 Å². The summed E-state index contributed by atoms with van der Waals surface area (Å²) in [5.41, 5.74) is 7.67. The standard InChI is InChI=1S/C14H24N4O.ClH/c1-3-12-11(10-18(2)17-12)9-16-13(19)14(15)7-5-4-6-8-14;/h10H,3-9,15H2,1-2H3,(H,16,19);1H. The summed E-state index contributed by atoms with van der Waals surface area (Å²) in [6, 6.07) is 0. The average molecular weight is 301 g/mol. The summed E-state index contributed by atoms with van der Waals surface area (Å²) in [5, 5.41) is 7.35. The van der Waals surface area contributed by atoms with Gasteiger partial charge in [-0.05, 0) is 19.3 Å². The number of nitrogens with two attached hydrogens (primary N) is 1. The zero-order valence-electron chi connectivity index (χ0n) is 12.3. The SMILES string of the molecule is CCc1nn(C)cc1CNC(=O)C1(N)CCCCC1.Cl. The van der Waals surface area contributed by atoms with Gasteiger partial charge in [0, 0.05) is 25.4 Å². The summed E-state index contributed by atoms with van der Waals surface area (Å²) >= 11 is 0. The number of carbonyl (C=O) groups excluding carboxylic acids is 1. The lowest BCUT2D eigenvalue weighted by Crippen LogP contribution is -2.54. The molecule has 1 aliphatic carbocycles. The van der Waals surface area contributed by atoms with Gasteiger partial charge in [-0.1, -0.05) is 26.2 Å². The molecule has 0 atom stereocenters. The predicted molar refractivity (Wildman–Crippen MR) is 81.7 cm³/mol. The van der Waals surface area contributed by atoms with Gasteiger partial charge in [0.1, 0.15) is 0 Å². The average Bonchev–Trinajstić information content (AvgIpc) is 2.77. The number of aromatic nitrogens is 2. The largest absolute Gasteiger partial charge is 0.350 e. The summed E-state index contributed by atoms with van der Waals surface area (Å²) in [5.74, 6) is -0.0156. The fourth-order valence-electron chi connectivity index (χ4n) is 2.79. The van der Waals surface area contributed by atoms with Crippen molar-refractivity contribution in [3.63, 3.8) is 0 Å². The van der Waals surface area contributed by atoms with E-state index >= 15 is 0 Å². The van der Waals surface area contributed by atoms with E-state index in [0.717, 1.165) is 43.4 Å². The van der Waals surface area contributed by atoms with E-state index in [1.807, 2.05) is 13.2 Å². The highest BCUT2D eigenvalue weighted by Crippen LogP contribution is 2.26. The number of rotatable bonds is 4. The molecule has 0 spiro atoms. The molecule has 5 nitrogen and oxygen atoms in total. The van der Waals surface area contributed by atoms with E-state index in [2.05, 4.69) is 17.3 Å². The molecule has 1 saturated carbocycles. The van der Waals surface area contributed by atoms with Crippen LogP contribution in [0.15, 0.2) is 6.20 Å². The summed E-state index contributed by atoms with van der Waals surface area (Å²) in [6.07, 6.45) is 7.73. The lowest BCUT2D eigenvalue weighted by atomic mass is 9.82. The van der Waals surface area contributed by atoms with E-state index in [-0.39, 0.29) is 18.3 Å². The van der Waals surface area contributed by atoms with Crippen molar-refractivity contribution in [2.45, 2.75) is 57.5 Å². The van der Waals surface area contributed by atoms with Crippen molar-refractivity contribution in [2.24, 2.45) is 12.8 Å². The molecule has 3 N–H and O–H groups in total. The van der Waals surface area contributed by atoms with Gasteiger partial charge in [0.2, 0.25) is 5.91 Å². The van der Waals surface area contributed by atoms with Crippen LogP contribution in [0.1, 0.15) is 50.3 Å². The molecule has 6 heteroatoms. The highest BCUT2D eigenvalue weighted by atomic mass is 35.5. The molecule has 1 amide bonds. The molecule has 2 rings (SSSR count). The predicted octanol–water partition coefficient (Wildman–Crippen LogP) is 1.68. The summed E-state index contributed by atoms with van der Waals surface area (Å²) in [7, 11) is 1.90. The maximum Gasteiger partial charge on any atom is 0.240 e. The fourth-order valence-corrected chi connectivity index (χ4v) is 2.79. The highest BCUT2D eigenvalue weighted by molar-refractivity contribution is 5.86. The van der Waals surface area contributed by atoms with Gasteiger partial charge in [0.05, 0.1) is 11.2 Å². The zero-order chi connectivity index (χ0) is 13.9. The first-order valence-corrected chi connectivity index (χ1v) is 7.14. The molecular weight excluding hydrogens is 276 g/mol. The Balaban J connectivity index is 0.00000200. The fraction of sp³-hybridized carbons (Fsp3) is 0.714. The van der Waals surface area contributed by atoms with Gasteiger partial charge in [-0.15, -0.1) is 12.4 Å². The second-order valence-corrected chi connectivity index (χ2v) is 5.53. The van der Waals surface area contributed by atoms with Crippen LogP contribution >= 0.6 is 12.4 Å². The van der Waals surface area contributed by atoms with Crippen molar-refractivity contribution in [3.05, 3.63) is 17.5 Å². The normalized spacial score (nSPS) is 17.4. The summed E-state index contributed by atoms with van der Waals surface area (Å²) in [6.45, 7) is 2.59. The maximum absolute atomic E-state index is 12.2. The van der Waals surface area contributed by atoms with Crippen molar-refractivity contribution in [1.82, 2.24) is 15.1 Å². The van der Waals surface area contributed by atoms with Gasteiger partial charge >= 0.3 is 0 Å². The number of hydrogen-bond donors (Lipinski definition) is 2. The summed E-state index contributed by atoms with van der Waals surface area (Å²) < 4.78 is 1.79. The number of carbonyl (C=O) groups is 1. The highest BCUT2D eigenvalue weighted by Gasteiger charge is 2.35.